The van der Waals surface area contributed by atoms with E-state index in [1.54, 1.807) is 26.0 Å². The number of hydrogen-bond acceptors (Lipinski definition) is 9. The summed E-state index contributed by atoms with van der Waals surface area (Å²) in [4.78, 5) is 30.4. The number of halogens is 3. The molecule has 2 amide bonds. The third-order valence-corrected chi connectivity index (χ3v) is 10.0. The Hall–Kier alpha value is -3.76. The van der Waals surface area contributed by atoms with Gasteiger partial charge in [0.25, 0.3) is 0 Å². The van der Waals surface area contributed by atoms with E-state index in [1.807, 2.05) is 11.9 Å². The summed E-state index contributed by atoms with van der Waals surface area (Å²) in [5.74, 6) is 0.582. The summed E-state index contributed by atoms with van der Waals surface area (Å²) in [5, 5.41) is 0. The van der Waals surface area contributed by atoms with Crippen molar-refractivity contribution < 1.29 is 50.1 Å². The number of piperazine rings is 1. The lowest BCUT2D eigenvalue weighted by Gasteiger charge is -2.42. The van der Waals surface area contributed by atoms with Gasteiger partial charge in [0.05, 0.1) is 50.1 Å². The van der Waals surface area contributed by atoms with Crippen LogP contribution < -0.4 is 14.4 Å². The summed E-state index contributed by atoms with van der Waals surface area (Å²) in [6.45, 7) is 4.18. The first-order valence-corrected chi connectivity index (χ1v) is 16.1. The Bertz CT molecular complexity index is 1550. The second-order valence-electron chi connectivity index (χ2n) is 11.1. The van der Waals surface area contributed by atoms with E-state index in [4.69, 9.17) is 18.9 Å². The predicted molar refractivity (Wildman–Crippen MR) is 162 cm³/mol. The van der Waals surface area contributed by atoms with Gasteiger partial charge in [-0.15, -0.1) is 0 Å². The van der Waals surface area contributed by atoms with E-state index < -0.39 is 57.5 Å². The fraction of sp³-hybridized carbons (Fsp3) is 0.533. The second kappa shape index (κ2) is 13.9. The molecule has 0 saturated carbocycles. The average molecular weight is 673 g/mol. The molecule has 16 heteroatoms. The fourth-order valence-electron chi connectivity index (χ4n) is 5.78. The number of carbonyl (C=O) groups excluding carboxylic acids is 2. The van der Waals surface area contributed by atoms with Gasteiger partial charge in [0.2, 0.25) is 10.0 Å². The first kappa shape index (κ1) is 35.1. The van der Waals surface area contributed by atoms with Gasteiger partial charge < -0.3 is 23.8 Å². The molecular formula is C30H39F3N4O8S. The van der Waals surface area contributed by atoms with E-state index >= 15 is 0 Å². The van der Waals surface area contributed by atoms with Crippen LogP contribution >= 0.6 is 0 Å². The predicted octanol–water partition coefficient (Wildman–Crippen LogP) is 4.72. The smallest absolute Gasteiger partial charge is 0.416 e. The molecule has 1 fully saturated rings. The fourth-order valence-corrected chi connectivity index (χ4v) is 7.30. The zero-order valence-electron chi connectivity index (χ0n) is 26.6. The molecule has 0 N–H and O–H groups in total. The maximum Gasteiger partial charge on any atom is 0.416 e. The number of methoxy groups -OCH3 is 3. The molecule has 1 saturated heterocycles. The average Bonchev–Trinajstić information content (AvgIpc) is 3.02. The number of nitrogens with zero attached hydrogens (tertiary/aromatic N) is 4. The highest BCUT2D eigenvalue weighted by Crippen LogP contribution is 2.46. The number of carbonyl (C=O) groups is 2. The van der Waals surface area contributed by atoms with Crippen LogP contribution in [0, 0.1) is 0 Å². The summed E-state index contributed by atoms with van der Waals surface area (Å²) in [7, 11) is 1.51. The van der Waals surface area contributed by atoms with Gasteiger partial charge in [0, 0.05) is 50.4 Å². The maximum atomic E-state index is 14.1. The van der Waals surface area contributed by atoms with Crippen LogP contribution in [-0.2, 0) is 32.2 Å². The Balaban J connectivity index is 1.84. The summed E-state index contributed by atoms with van der Waals surface area (Å²) in [6.07, 6.45) is -6.23. The number of hydrogen-bond donors (Lipinski definition) is 0. The lowest BCUT2D eigenvalue weighted by molar-refractivity contribution is -0.137. The third-order valence-electron chi connectivity index (χ3n) is 8.15. The Labute approximate surface area is 266 Å². The van der Waals surface area contributed by atoms with Gasteiger partial charge in [0.15, 0.2) is 11.5 Å². The largest absolute Gasteiger partial charge is 0.493 e. The second-order valence-corrected chi connectivity index (χ2v) is 13.0. The molecule has 0 radical (unpaired) electrons. The van der Waals surface area contributed by atoms with Crippen molar-refractivity contribution in [2.45, 2.75) is 50.0 Å². The number of rotatable bonds is 8. The lowest BCUT2D eigenvalue weighted by Crippen LogP contribution is -2.47. The Morgan fingerprint density at radius 1 is 0.978 bits per heavy atom. The minimum atomic E-state index is -4.87. The van der Waals surface area contributed by atoms with Crippen LogP contribution in [0.2, 0.25) is 0 Å². The van der Waals surface area contributed by atoms with Crippen molar-refractivity contribution >= 4 is 27.9 Å². The monoisotopic (exact) mass is 672 g/mol. The van der Waals surface area contributed by atoms with E-state index in [0.717, 1.165) is 23.5 Å². The van der Waals surface area contributed by atoms with E-state index in [-0.39, 0.29) is 37.4 Å². The number of benzene rings is 2. The molecule has 46 heavy (non-hydrogen) atoms. The first-order chi connectivity index (χ1) is 21.7. The number of amides is 2. The number of alkyl halides is 3. The van der Waals surface area contributed by atoms with Gasteiger partial charge in [-0.05, 0) is 57.1 Å². The number of ether oxygens (including phenoxy) is 4. The zero-order valence-corrected chi connectivity index (χ0v) is 27.4. The highest BCUT2D eigenvalue weighted by atomic mass is 32.2. The summed E-state index contributed by atoms with van der Waals surface area (Å²) >= 11 is 0. The lowest BCUT2D eigenvalue weighted by atomic mass is 9.90. The Morgan fingerprint density at radius 2 is 1.61 bits per heavy atom. The molecule has 0 aliphatic carbocycles. The molecular weight excluding hydrogens is 633 g/mol. The molecule has 2 aromatic carbocycles. The van der Waals surface area contributed by atoms with Crippen molar-refractivity contribution in [2.24, 2.45) is 0 Å². The SMILES string of the molecule is CCOC(=O)N1c2cc(OC)c(OC)cc2[C@H](N(Cc2cc(C(F)(F)F)cc(S(=O)(=O)N3CCN(C)CC3)c2)C(=O)OC)C[C@@H]1C. The number of anilines is 1. The molecule has 2 aromatic rings. The molecule has 0 bridgehead atoms. The standard InChI is InChI=1S/C30H39F3N4O8S/c1-7-45-29(39)37-19(2)12-24(23-16-26(42-4)27(43-5)17-25(23)37)36(28(38)44-6)18-20-13-21(30(31,32)33)15-22(14-20)46(40,41)35-10-8-34(3)9-11-35/h13-17,19,24H,7-12,18H2,1-6H3/t19-,24+/m0/s1. The quantitative estimate of drug-likeness (QED) is 0.393. The number of fused-ring (bicyclic) bond motifs is 1. The molecule has 0 unspecified atom stereocenters. The van der Waals surface area contributed by atoms with Crippen LogP contribution in [0.5, 0.6) is 11.5 Å². The van der Waals surface area contributed by atoms with Crippen LogP contribution in [0.15, 0.2) is 35.2 Å². The number of likely N-dealkylation sites (N-methyl/N-ethyl adjacent to an activating group) is 1. The van der Waals surface area contributed by atoms with Gasteiger partial charge in [0.1, 0.15) is 0 Å². The van der Waals surface area contributed by atoms with Crippen LogP contribution in [0.4, 0.5) is 28.4 Å². The normalized spacial score (nSPS) is 19.3. The highest BCUT2D eigenvalue weighted by Gasteiger charge is 2.41. The van der Waals surface area contributed by atoms with Crippen molar-refractivity contribution in [1.29, 1.82) is 0 Å². The van der Waals surface area contributed by atoms with Gasteiger partial charge in [-0.25, -0.2) is 18.0 Å². The topological polar surface area (TPSA) is 118 Å². The Morgan fingerprint density at radius 3 is 2.17 bits per heavy atom. The Kier molecular flexibility index (Phi) is 10.6. The van der Waals surface area contributed by atoms with Gasteiger partial charge >= 0.3 is 18.4 Å². The van der Waals surface area contributed by atoms with Gasteiger partial charge in [-0.3, -0.25) is 9.80 Å². The van der Waals surface area contributed by atoms with Crippen molar-refractivity contribution in [3.63, 3.8) is 0 Å². The molecule has 2 aliphatic rings. The molecule has 4 rings (SSSR count). The third kappa shape index (κ3) is 7.13. The van der Waals surface area contributed by atoms with E-state index in [1.165, 1.54) is 24.0 Å². The molecule has 12 nitrogen and oxygen atoms in total. The van der Waals surface area contributed by atoms with Crippen LogP contribution in [-0.4, -0.2) is 102 Å². The molecule has 0 spiro atoms. The van der Waals surface area contributed by atoms with Crippen LogP contribution in [0.1, 0.15) is 43.0 Å². The van der Waals surface area contributed by atoms with Crippen molar-refractivity contribution in [3.05, 3.63) is 47.0 Å². The maximum absolute atomic E-state index is 14.1. The molecule has 0 aromatic heterocycles. The van der Waals surface area contributed by atoms with Crippen molar-refractivity contribution in [2.75, 3.05) is 66.1 Å². The van der Waals surface area contributed by atoms with Gasteiger partial charge in [-0.1, -0.05) is 0 Å². The zero-order chi connectivity index (χ0) is 34.0. The minimum Gasteiger partial charge on any atom is -0.493 e. The number of sulfonamides is 1. The van der Waals surface area contributed by atoms with E-state index in [2.05, 4.69) is 0 Å². The van der Waals surface area contributed by atoms with Crippen LogP contribution in [0.3, 0.4) is 0 Å². The molecule has 2 aliphatic heterocycles. The highest BCUT2D eigenvalue weighted by molar-refractivity contribution is 7.89. The van der Waals surface area contributed by atoms with Crippen LogP contribution in [0.25, 0.3) is 0 Å². The summed E-state index contributed by atoms with van der Waals surface area (Å²) in [5.41, 5.74) is -0.474. The van der Waals surface area contributed by atoms with Crippen molar-refractivity contribution in [1.82, 2.24) is 14.1 Å². The minimum absolute atomic E-state index is 0.0737. The van der Waals surface area contributed by atoms with E-state index in [9.17, 15) is 31.2 Å². The van der Waals surface area contributed by atoms with E-state index in [0.29, 0.717) is 36.2 Å². The van der Waals surface area contributed by atoms with Crippen molar-refractivity contribution in [3.8, 4) is 11.5 Å². The van der Waals surface area contributed by atoms with Gasteiger partial charge in [-0.2, -0.15) is 17.5 Å². The molecule has 2 atom stereocenters. The summed E-state index contributed by atoms with van der Waals surface area (Å²) < 4.78 is 92.0. The molecule has 2 heterocycles. The summed E-state index contributed by atoms with van der Waals surface area (Å²) in [6, 6.07) is 4.37. The molecule has 254 valence electrons. The first-order valence-electron chi connectivity index (χ1n) is 14.6.